The zero-order chi connectivity index (χ0) is 19.2. The summed E-state index contributed by atoms with van der Waals surface area (Å²) in [4.78, 5) is 18.1. The second-order valence-corrected chi connectivity index (χ2v) is 6.57. The molecule has 3 rings (SSSR count). The SMILES string of the molecule is COc1ccc(C(=O)NCc2cncc(-c3cccs3)c2)c(OC)c1OC. The Kier molecular flexibility index (Phi) is 5.93. The molecule has 0 saturated heterocycles. The lowest BCUT2D eigenvalue weighted by molar-refractivity contribution is 0.0947. The molecular formula is C20H20N2O4S. The molecular weight excluding hydrogens is 364 g/mol. The van der Waals surface area contributed by atoms with Gasteiger partial charge in [0.2, 0.25) is 5.75 Å². The van der Waals surface area contributed by atoms with Crippen molar-refractivity contribution in [3.63, 3.8) is 0 Å². The van der Waals surface area contributed by atoms with Gasteiger partial charge in [0.25, 0.3) is 5.91 Å². The highest BCUT2D eigenvalue weighted by atomic mass is 32.1. The number of amides is 1. The summed E-state index contributed by atoms with van der Waals surface area (Å²) in [5, 5.41) is 4.92. The quantitative estimate of drug-likeness (QED) is 0.672. The number of methoxy groups -OCH3 is 3. The van der Waals surface area contributed by atoms with Crippen molar-refractivity contribution in [2.75, 3.05) is 21.3 Å². The normalized spacial score (nSPS) is 10.3. The van der Waals surface area contributed by atoms with Gasteiger partial charge in [-0.1, -0.05) is 6.07 Å². The Morgan fingerprint density at radius 3 is 2.56 bits per heavy atom. The molecule has 0 unspecified atom stereocenters. The zero-order valence-corrected chi connectivity index (χ0v) is 16.1. The van der Waals surface area contributed by atoms with Crippen molar-refractivity contribution < 1.29 is 19.0 Å². The third-order valence-electron chi connectivity index (χ3n) is 4.00. The number of ether oxygens (including phenoxy) is 3. The molecule has 0 spiro atoms. The highest BCUT2D eigenvalue weighted by Crippen LogP contribution is 2.39. The summed E-state index contributed by atoms with van der Waals surface area (Å²) >= 11 is 1.65. The van der Waals surface area contributed by atoms with E-state index in [-0.39, 0.29) is 5.91 Å². The zero-order valence-electron chi connectivity index (χ0n) is 15.3. The van der Waals surface area contributed by atoms with Crippen molar-refractivity contribution in [2.24, 2.45) is 0 Å². The van der Waals surface area contributed by atoms with Crippen LogP contribution in [0.5, 0.6) is 17.2 Å². The number of hydrogen-bond donors (Lipinski definition) is 1. The van der Waals surface area contributed by atoms with Crippen molar-refractivity contribution in [3.05, 3.63) is 59.2 Å². The number of thiophene rings is 1. The van der Waals surface area contributed by atoms with Crippen LogP contribution in [-0.2, 0) is 6.54 Å². The first kappa shape index (κ1) is 18.7. The number of hydrogen-bond acceptors (Lipinski definition) is 6. The third-order valence-corrected chi connectivity index (χ3v) is 4.92. The third kappa shape index (κ3) is 4.03. The summed E-state index contributed by atoms with van der Waals surface area (Å²) in [6.45, 7) is 0.350. The molecule has 2 aromatic heterocycles. The Hall–Kier alpha value is -3.06. The topological polar surface area (TPSA) is 69.7 Å². The van der Waals surface area contributed by atoms with Crippen LogP contribution >= 0.6 is 11.3 Å². The standard InChI is InChI=1S/C20H20N2O4S/c1-24-16-7-6-15(18(25-2)19(16)26-3)20(23)22-11-13-9-14(12-21-10-13)17-5-4-8-27-17/h4-10,12H,11H2,1-3H3,(H,22,23). The van der Waals surface area contributed by atoms with Gasteiger partial charge < -0.3 is 19.5 Å². The van der Waals surface area contributed by atoms with E-state index in [9.17, 15) is 4.79 Å². The molecule has 6 nitrogen and oxygen atoms in total. The van der Waals surface area contributed by atoms with Gasteiger partial charge in [0, 0.05) is 29.4 Å². The molecule has 0 aliphatic rings. The second kappa shape index (κ2) is 8.55. The molecule has 1 amide bonds. The maximum atomic E-state index is 12.7. The largest absolute Gasteiger partial charge is 0.493 e. The van der Waals surface area contributed by atoms with E-state index in [0.29, 0.717) is 29.4 Å². The lowest BCUT2D eigenvalue weighted by Gasteiger charge is -2.15. The maximum absolute atomic E-state index is 12.7. The Labute approximate surface area is 161 Å². The van der Waals surface area contributed by atoms with E-state index in [4.69, 9.17) is 14.2 Å². The minimum Gasteiger partial charge on any atom is -0.493 e. The molecule has 140 valence electrons. The molecule has 0 aliphatic carbocycles. The Balaban J connectivity index is 1.78. The fraction of sp³-hybridized carbons (Fsp3) is 0.200. The van der Waals surface area contributed by atoms with Gasteiger partial charge in [0.05, 0.1) is 26.9 Å². The van der Waals surface area contributed by atoms with E-state index in [1.54, 1.807) is 29.7 Å². The summed E-state index contributed by atoms with van der Waals surface area (Å²) in [6, 6.07) is 9.38. The molecule has 3 aromatic rings. The molecule has 0 atom stereocenters. The van der Waals surface area contributed by atoms with Gasteiger partial charge in [0.1, 0.15) is 0 Å². The molecule has 0 radical (unpaired) electrons. The molecule has 0 fully saturated rings. The predicted octanol–water partition coefficient (Wildman–Crippen LogP) is 3.77. The molecule has 0 saturated carbocycles. The summed E-state index contributed by atoms with van der Waals surface area (Å²) in [5.41, 5.74) is 2.31. The van der Waals surface area contributed by atoms with E-state index in [0.717, 1.165) is 16.0 Å². The summed E-state index contributed by atoms with van der Waals surface area (Å²) < 4.78 is 16.0. The highest BCUT2D eigenvalue weighted by molar-refractivity contribution is 7.13. The minimum absolute atomic E-state index is 0.269. The van der Waals surface area contributed by atoms with E-state index in [1.165, 1.54) is 21.3 Å². The van der Waals surface area contributed by atoms with Crippen molar-refractivity contribution in [1.82, 2.24) is 10.3 Å². The summed E-state index contributed by atoms with van der Waals surface area (Å²) in [6.07, 6.45) is 3.55. The van der Waals surface area contributed by atoms with E-state index in [2.05, 4.69) is 10.3 Å². The Morgan fingerprint density at radius 1 is 1.07 bits per heavy atom. The second-order valence-electron chi connectivity index (χ2n) is 5.62. The van der Waals surface area contributed by atoms with Gasteiger partial charge >= 0.3 is 0 Å². The number of nitrogens with one attached hydrogen (secondary N) is 1. The molecule has 1 N–H and O–H groups in total. The fourth-order valence-corrected chi connectivity index (χ4v) is 3.43. The Morgan fingerprint density at radius 2 is 1.89 bits per heavy atom. The van der Waals surface area contributed by atoms with Crippen molar-refractivity contribution >= 4 is 17.2 Å². The lowest BCUT2D eigenvalue weighted by Crippen LogP contribution is -2.23. The fourth-order valence-electron chi connectivity index (χ4n) is 2.72. The van der Waals surface area contributed by atoms with Crippen LogP contribution in [-0.4, -0.2) is 32.2 Å². The number of carbonyl (C=O) groups is 1. The highest BCUT2D eigenvalue weighted by Gasteiger charge is 2.20. The minimum atomic E-state index is -0.269. The first-order valence-electron chi connectivity index (χ1n) is 8.23. The molecule has 2 heterocycles. The van der Waals surface area contributed by atoms with Crippen LogP contribution in [0.3, 0.4) is 0 Å². The Bertz CT molecular complexity index is 926. The number of pyridine rings is 1. The van der Waals surface area contributed by atoms with Gasteiger partial charge in [-0.2, -0.15) is 0 Å². The van der Waals surface area contributed by atoms with Crippen molar-refractivity contribution in [1.29, 1.82) is 0 Å². The van der Waals surface area contributed by atoms with Crippen LogP contribution in [0.1, 0.15) is 15.9 Å². The van der Waals surface area contributed by atoms with E-state index >= 15 is 0 Å². The molecule has 0 bridgehead atoms. The number of benzene rings is 1. The first-order valence-corrected chi connectivity index (χ1v) is 9.10. The van der Waals surface area contributed by atoms with Crippen LogP contribution in [0.15, 0.2) is 48.1 Å². The maximum Gasteiger partial charge on any atom is 0.255 e. The van der Waals surface area contributed by atoms with Gasteiger partial charge in [0.15, 0.2) is 11.5 Å². The average molecular weight is 384 g/mol. The first-order chi connectivity index (χ1) is 13.2. The van der Waals surface area contributed by atoms with Gasteiger partial charge in [-0.05, 0) is 35.2 Å². The van der Waals surface area contributed by atoms with Gasteiger partial charge in [-0.3, -0.25) is 9.78 Å². The molecule has 7 heteroatoms. The van der Waals surface area contributed by atoms with E-state index < -0.39 is 0 Å². The van der Waals surface area contributed by atoms with Gasteiger partial charge in [-0.25, -0.2) is 0 Å². The summed E-state index contributed by atoms with van der Waals surface area (Å²) in [5.74, 6) is 0.946. The van der Waals surface area contributed by atoms with Crippen molar-refractivity contribution in [3.8, 4) is 27.7 Å². The number of carbonyl (C=O) groups excluding carboxylic acids is 1. The molecule has 1 aromatic carbocycles. The smallest absolute Gasteiger partial charge is 0.255 e. The molecule has 0 aliphatic heterocycles. The van der Waals surface area contributed by atoms with Crippen molar-refractivity contribution in [2.45, 2.75) is 6.54 Å². The van der Waals surface area contributed by atoms with Crippen LogP contribution in [0.25, 0.3) is 10.4 Å². The number of aromatic nitrogens is 1. The van der Waals surface area contributed by atoms with Gasteiger partial charge in [-0.15, -0.1) is 11.3 Å². The molecule has 27 heavy (non-hydrogen) atoms. The van der Waals surface area contributed by atoms with E-state index in [1.807, 2.05) is 29.8 Å². The number of nitrogens with zero attached hydrogens (tertiary/aromatic N) is 1. The predicted molar refractivity (Wildman–Crippen MR) is 105 cm³/mol. The van der Waals surface area contributed by atoms with Crippen LogP contribution in [0, 0.1) is 0 Å². The monoisotopic (exact) mass is 384 g/mol. The average Bonchev–Trinajstić information content (AvgIpc) is 3.25. The summed E-state index contributed by atoms with van der Waals surface area (Å²) in [7, 11) is 4.52. The van der Waals surface area contributed by atoms with Crippen LogP contribution in [0.4, 0.5) is 0 Å². The van der Waals surface area contributed by atoms with Crippen LogP contribution < -0.4 is 19.5 Å². The lowest BCUT2D eigenvalue weighted by atomic mass is 10.1. The van der Waals surface area contributed by atoms with Crippen LogP contribution in [0.2, 0.25) is 0 Å². The number of rotatable bonds is 7.